The molecule has 2 aliphatic rings. The Morgan fingerprint density at radius 2 is 1.87 bits per heavy atom. The predicted octanol–water partition coefficient (Wildman–Crippen LogP) is 1.90. The first-order chi connectivity index (χ1) is 14.9. The van der Waals surface area contributed by atoms with Gasteiger partial charge in [0.05, 0.1) is 24.3 Å². The first-order valence-electron chi connectivity index (χ1n) is 10.6. The van der Waals surface area contributed by atoms with Gasteiger partial charge in [0.2, 0.25) is 10.0 Å². The molecule has 2 atom stereocenters. The van der Waals surface area contributed by atoms with E-state index in [1.807, 2.05) is 31.2 Å². The Balaban J connectivity index is 1.38. The fourth-order valence-electron chi connectivity index (χ4n) is 4.43. The van der Waals surface area contributed by atoms with Gasteiger partial charge in [-0.2, -0.15) is 0 Å². The number of fused-ring (bicyclic) bond motifs is 1. The second-order valence-corrected chi connectivity index (χ2v) is 10.4. The SMILES string of the molecule is COc1ccc(CCN2C[C@@H]3CCN(C(=O)c4cnc(C)cn4)CC[C@H]3S2(=O)=O)cc1. The smallest absolute Gasteiger partial charge is 0.274 e. The molecular weight excluding hydrogens is 416 g/mol. The maximum absolute atomic E-state index is 13.2. The van der Waals surface area contributed by atoms with Crippen molar-refractivity contribution in [3.05, 3.63) is 53.6 Å². The number of carbonyl (C=O) groups excluding carboxylic acids is 1. The minimum absolute atomic E-state index is 0.0442. The summed E-state index contributed by atoms with van der Waals surface area (Å²) in [7, 11) is -1.75. The number of hydrogen-bond donors (Lipinski definition) is 0. The molecule has 3 heterocycles. The standard InChI is InChI=1S/C22H28N4O4S/c1-16-13-24-20(14-23-16)22(27)25-10-8-18-15-26(31(28,29)21(18)9-11-25)12-7-17-3-5-19(30-2)6-4-17/h3-6,13-14,18,21H,7-12,15H2,1-2H3/t18-,21+/m0/s1. The number of benzene rings is 1. The Morgan fingerprint density at radius 3 is 2.55 bits per heavy atom. The lowest BCUT2D eigenvalue weighted by molar-refractivity contribution is 0.0752. The highest BCUT2D eigenvalue weighted by Gasteiger charge is 2.47. The van der Waals surface area contributed by atoms with Gasteiger partial charge in [-0.25, -0.2) is 17.7 Å². The van der Waals surface area contributed by atoms with E-state index in [1.165, 1.54) is 6.20 Å². The number of amides is 1. The van der Waals surface area contributed by atoms with Gasteiger partial charge in [-0.05, 0) is 49.8 Å². The molecule has 31 heavy (non-hydrogen) atoms. The van der Waals surface area contributed by atoms with Gasteiger partial charge in [0.1, 0.15) is 11.4 Å². The number of sulfonamides is 1. The van der Waals surface area contributed by atoms with Crippen LogP contribution in [-0.2, 0) is 16.4 Å². The van der Waals surface area contributed by atoms with E-state index in [1.54, 1.807) is 22.5 Å². The van der Waals surface area contributed by atoms with Crippen LogP contribution >= 0.6 is 0 Å². The van der Waals surface area contributed by atoms with Crippen LogP contribution in [-0.4, -0.2) is 72.0 Å². The lowest BCUT2D eigenvalue weighted by Gasteiger charge is -2.22. The zero-order valence-corrected chi connectivity index (χ0v) is 18.7. The average molecular weight is 445 g/mol. The molecule has 1 amide bonds. The first-order valence-corrected chi connectivity index (χ1v) is 12.1. The number of likely N-dealkylation sites (tertiary alicyclic amines) is 1. The van der Waals surface area contributed by atoms with Gasteiger partial charge in [0.15, 0.2) is 0 Å². The summed E-state index contributed by atoms with van der Waals surface area (Å²) >= 11 is 0. The van der Waals surface area contributed by atoms with Crippen LogP contribution in [0.3, 0.4) is 0 Å². The van der Waals surface area contributed by atoms with Crippen LogP contribution in [0.15, 0.2) is 36.7 Å². The fourth-order valence-corrected chi connectivity index (χ4v) is 6.67. The molecule has 0 bridgehead atoms. The Bertz CT molecular complexity index is 1020. The van der Waals surface area contributed by atoms with E-state index >= 15 is 0 Å². The van der Waals surface area contributed by atoms with Crippen molar-refractivity contribution in [3.8, 4) is 5.75 Å². The van der Waals surface area contributed by atoms with Crippen LogP contribution in [0, 0.1) is 12.8 Å². The highest BCUT2D eigenvalue weighted by atomic mass is 32.2. The summed E-state index contributed by atoms with van der Waals surface area (Å²) in [6.45, 7) is 3.77. The molecule has 0 radical (unpaired) electrons. The van der Waals surface area contributed by atoms with Crippen molar-refractivity contribution in [2.75, 3.05) is 33.3 Å². The third-order valence-corrected chi connectivity index (χ3v) is 8.69. The number of nitrogens with zero attached hydrogens (tertiary/aromatic N) is 4. The number of ether oxygens (including phenoxy) is 1. The van der Waals surface area contributed by atoms with Crippen molar-refractivity contribution in [1.82, 2.24) is 19.2 Å². The summed E-state index contributed by atoms with van der Waals surface area (Å²) in [5, 5.41) is -0.426. The summed E-state index contributed by atoms with van der Waals surface area (Å²) in [6.07, 6.45) is 4.86. The van der Waals surface area contributed by atoms with Crippen molar-refractivity contribution in [3.63, 3.8) is 0 Å². The maximum Gasteiger partial charge on any atom is 0.274 e. The second kappa shape index (κ2) is 8.92. The van der Waals surface area contributed by atoms with Crippen LogP contribution in [0.5, 0.6) is 5.75 Å². The zero-order chi connectivity index (χ0) is 22.0. The highest BCUT2D eigenvalue weighted by molar-refractivity contribution is 7.90. The third kappa shape index (κ3) is 4.57. The number of methoxy groups -OCH3 is 1. The molecule has 0 saturated carbocycles. The van der Waals surface area contributed by atoms with Crippen LogP contribution in [0.1, 0.15) is 34.6 Å². The number of hydrogen-bond acceptors (Lipinski definition) is 6. The topological polar surface area (TPSA) is 92.7 Å². The van der Waals surface area contributed by atoms with Gasteiger partial charge in [-0.3, -0.25) is 9.78 Å². The van der Waals surface area contributed by atoms with E-state index < -0.39 is 15.3 Å². The fraction of sp³-hybridized carbons (Fsp3) is 0.500. The van der Waals surface area contributed by atoms with E-state index in [-0.39, 0.29) is 11.8 Å². The molecule has 166 valence electrons. The molecule has 1 aromatic carbocycles. The van der Waals surface area contributed by atoms with Crippen molar-refractivity contribution in [1.29, 1.82) is 0 Å². The van der Waals surface area contributed by atoms with Gasteiger partial charge in [0, 0.05) is 32.4 Å². The lowest BCUT2D eigenvalue weighted by Crippen LogP contribution is -2.35. The Morgan fingerprint density at radius 1 is 1.13 bits per heavy atom. The van der Waals surface area contributed by atoms with Crippen molar-refractivity contribution < 1.29 is 17.9 Å². The van der Waals surface area contributed by atoms with E-state index in [9.17, 15) is 13.2 Å². The molecule has 0 unspecified atom stereocenters. The molecule has 0 N–H and O–H groups in total. The molecule has 2 aliphatic heterocycles. The molecule has 9 heteroatoms. The molecular formula is C22H28N4O4S. The predicted molar refractivity (Wildman–Crippen MR) is 116 cm³/mol. The number of carbonyl (C=O) groups is 1. The van der Waals surface area contributed by atoms with E-state index in [2.05, 4.69) is 9.97 Å². The summed E-state index contributed by atoms with van der Waals surface area (Å²) in [5.74, 6) is 0.652. The molecule has 1 aromatic heterocycles. The Kier molecular flexibility index (Phi) is 6.24. The molecule has 2 fully saturated rings. The van der Waals surface area contributed by atoms with Gasteiger partial charge in [-0.15, -0.1) is 0 Å². The molecule has 4 rings (SSSR count). The normalized spacial score (nSPS) is 23.2. The average Bonchev–Trinajstić information content (AvgIpc) is 2.91. The summed E-state index contributed by atoms with van der Waals surface area (Å²) in [6, 6.07) is 7.72. The summed E-state index contributed by atoms with van der Waals surface area (Å²) in [5.41, 5.74) is 2.14. The minimum Gasteiger partial charge on any atom is -0.497 e. The lowest BCUT2D eigenvalue weighted by atomic mass is 10.0. The molecule has 8 nitrogen and oxygen atoms in total. The monoisotopic (exact) mass is 444 g/mol. The maximum atomic E-state index is 13.2. The second-order valence-electron chi connectivity index (χ2n) is 8.21. The van der Waals surface area contributed by atoms with E-state index in [4.69, 9.17) is 4.74 Å². The highest BCUT2D eigenvalue weighted by Crippen LogP contribution is 2.34. The molecule has 0 aliphatic carbocycles. The van der Waals surface area contributed by atoms with Crippen molar-refractivity contribution >= 4 is 15.9 Å². The van der Waals surface area contributed by atoms with Gasteiger partial charge >= 0.3 is 0 Å². The van der Waals surface area contributed by atoms with Gasteiger partial charge < -0.3 is 9.64 Å². The first kappa shape index (κ1) is 21.7. The number of aryl methyl sites for hydroxylation is 1. The molecule has 2 saturated heterocycles. The largest absolute Gasteiger partial charge is 0.497 e. The quantitative estimate of drug-likeness (QED) is 0.699. The van der Waals surface area contributed by atoms with Crippen LogP contribution in [0.25, 0.3) is 0 Å². The van der Waals surface area contributed by atoms with E-state index in [0.717, 1.165) is 17.0 Å². The zero-order valence-electron chi connectivity index (χ0n) is 17.9. The van der Waals surface area contributed by atoms with Gasteiger partial charge in [0.25, 0.3) is 5.91 Å². The third-order valence-electron chi connectivity index (χ3n) is 6.26. The Labute approximate surface area is 183 Å². The van der Waals surface area contributed by atoms with E-state index in [0.29, 0.717) is 51.1 Å². The van der Waals surface area contributed by atoms with Crippen molar-refractivity contribution in [2.45, 2.75) is 31.4 Å². The number of rotatable bonds is 5. The van der Waals surface area contributed by atoms with Crippen molar-refractivity contribution in [2.24, 2.45) is 5.92 Å². The minimum atomic E-state index is -3.37. The van der Waals surface area contributed by atoms with Crippen LogP contribution in [0.2, 0.25) is 0 Å². The van der Waals surface area contributed by atoms with Gasteiger partial charge in [-0.1, -0.05) is 12.1 Å². The summed E-state index contributed by atoms with van der Waals surface area (Å²) in [4.78, 5) is 22.8. The summed E-state index contributed by atoms with van der Waals surface area (Å²) < 4.78 is 33.1. The number of aromatic nitrogens is 2. The van der Waals surface area contributed by atoms with Crippen LogP contribution in [0.4, 0.5) is 0 Å². The van der Waals surface area contributed by atoms with Crippen LogP contribution < -0.4 is 4.74 Å². The molecule has 2 aromatic rings. The Hall–Kier alpha value is -2.52. The molecule has 0 spiro atoms.